The van der Waals surface area contributed by atoms with Crippen molar-refractivity contribution in [3.05, 3.63) is 24.3 Å². The van der Waals surface area contributed by atoms with Crippen LogP contribution in [-0.4, -0.2) is 77.9 Å². The fourth-order valence-electron chi connectivity index (χ4n) is 5.70. The van der Waals surface area contributed by atoms with Gasteiger partial charge in [-0.3, -0.25) is 18.6 Å². The van der Waals surface area contributed by atoms with E-state index < -0.39 is 51.8 Å². The first kappa shape index (κ1) is 48.4. The van der Waals surface area contributed by atoms with Crippen molar-refractivity contribution in [2.24, 2.45) is 0 Å². The number of ether oxygens (including phenoxy) is 3. The Balaban J connectivity index is 2.28. The molecule has 1 heterocycles. The number of hydrogen-bond donors (Lipinski definition) is 3. The van der Waals surface area contributed by atoms with E-state index in [0.717, 1.165) is 83.5 Å². The molecule has 0 bridgehead atoms. The molecular weight excluding hydrogens is 687 g/mol. The highest BCUT2D eigenvalue weighted by Crippen LogP contribution is 2.43. The zero-order chi connectivity index (χ0) is 38.1. The van der Waals surface area contributed by atoms with Crippen LogP contribution in [0.2, 0.25) is 0 Å². The quantitative estimate of drug-likeness (QED) is 0.0182. The van der Waals surface area contributed by atoms with Crippen LogP contribution in [0.4, 0.5) is 0 Å². The van der Waals surface area contributed by atoms with Gasteiger partial charge < -0.3 is 29.3 Å². The normalized spacial score (nSPS) is 18.1. The number of hydrogen-bond acceptors (Lipinski definition) is 10. The Morgan fingerprint density at radius 1 is 0.673 bits per heavy atom. The molecule has 0 aromatic heterocycles. The minimum atomic E-state index is -4.62. The lowest BCUT2D eigenvalue weighted by atomic mass is 10.1. The van der Waals surface area contributed by atoms with Gasteiger partial charge in [-0.1, -0.05) is 115 Å². The summed E-state index contributed by atoms with van der Waals surface area (Å²) in [6, 6.07) is 0. The number of unbranched alkanes of at least 4 members (excludes halogenated alkanes) is 16. The molecule has 0 aliphatic carbocycles. The van der Waals surface area contributed by atoms with Gasteiger partial charge in [0.2, 0.25) is 0 Å². The SMILES string of the molecule is CCCCC/C=C\CC1OC1CCCCCCCC(=O)OC[C@H](COP(=O)(O)OC[C@@H](O)CO)OC(=O)CCCCCCC/C=C\CCCCCC. The van der Waals surface area contributed by atoms with Crippen LogP contribution in [-0.2, 0) is 37.4 Å². The van der Waals surface area contributed by atoms with Gasteiger partial charge in [0, 0.05) is 12.8 Å². The second kappa shape index (κ2) is 32.8. The third kappa shape index (κ3) is 29.8. The van der Waals surface area contributed by atoms with Gasteiger partial charge in [-0.15, -0.1) is 0 Å². The minimum absolute atomic E-state index is 0.168. The highest BCUT2D eigenvalue weighted by atomic mass is 31.2. The maximum absolute atomic E-state index is 12.6. The number of esters is 2. The molecule has 0 saturated carbocycles. The van der Waals surface area contributed by atoms with Crippen molar-refractivity contribution in [2.75, 3.05) is 26.4 Å². The summed E-state index contributed by atoms with van der Waals surface area (Å²) in [5.74, 6) is -0.958. The first-order chi connectivity index (χ1) is 25.2. The molecule has 0 amide bonds. The van der Waals surface area contributed by atoms with E-state index >= 15 is 0 Å². The monoisotopic (exact) mass is 760 g/mol. The van der Waals surface area contributed by atoms with Crippen LogP contribution in [0, 0.1) is 0 Å². The smallest absolute Gasteiger partial charge is 0.462 e. The summed E-state index contributed by atoms with van der Waals surface area (Å²) < 4.78 is 38.4. The summed E-state index contributed by atoms with van der Waals surface area (Å²) in [6.45, 7) is 2.29. The highest BCUT2D eigenvalue weighted by molar-refractivity contribution is 7.47. The molecule has 1 aliphatic rings. The van der Waals surface area contributed by atoms with E-state index in [0.29, 0.717) is 25.0 Å². The molecule has 0 radical (unpaired) electrons. The van der Waals surface area contributed by atoms with Gasteiger partial charge in [0.25, 0.3) is 0 Å². The number of carbonyl (C=O) groups is 2. The predicted molar refractivity (Wildman–Crippen MR) is 205 cm³/mol. The standard InChI is InChI=1S/C40H73O11P/c1-3-5-7-9-11-12-13-14-15-16-17-21-26-30-40(44)50-36(34-49-52(45,46)48-32-35(42)31-41)33-47-39(43)29-25-22-18-20-24-28-38-37(51-38)27-23-19-10-8-6-4-2/h12-13,19,23,35-38,41-42H,3-11,14-18,20-22,24-34H2,1-2H3,(H,45,46)/b13-12-,23-19-/t35-,36+,37?,38?/m0/s1. The van der Waals surface area contributed by atoms with Crippen LogP contribution in [0.25, 0.3) is 0 Å². The lowest BCUT2D eigenvalue weighted by Crippen LogP contribution is -2.29. The number of aliphatic hydroxyl groups is 2. The van der Waals surface area contributed by atoms with Gasteiger partial charge >= 0.3 is 19.8 Å². The maximum Gasteiger partial charge on any atom is 0.472 e. The molecule has 3 unspecified atom stereocenters. The Labute approximate surface area is 314 Å². The largest absolute Gasteiger partial charge is 0.472 e. The molecule has 0 aromatic rings. The topological polar surface area (TPSA) is 161 Å². The molecule has 1 rings (SSSR count). The van der Waals surface area contributed by atoms with Gasteiger partial charge in [-0.05, 0) is 64.2 Å². The van der Waals surface area contributed by atoms with Crippen molar-refractivity contribution in [3.63, 3.8) is 0 Å². The first-order valence-corrected chi connectivity index (χ1v) is 21.9. The van der Waals surface area contributed by atoms with E-state index in [1.807, 2.05) is 0 Å². The number of rotatable bonds is 37. The van der Waals surface area contributed by atoms with Crippen molar-refractivity contribution in [3.8, 4) is 0 Å². The average Bonchev–Trinajstić information content (AvgIpc) is 3.89. The summed E-state index contributed by atoms with van der Waals surface area (Å²) in [6.07, 6.45) is 31.6. The molecule has 1 saturated heterocycles. The Morgan fingerprint density at radius 2 is 1.19 bits per heavy atom. The average molecular weight is 761 g/mol. The predicted octanol–water partition coefficient (Wildman–Crippen LogP) is 9.21. The summed E-state index contributed by atoms with van der Waals surface area (Å²) in [5.41, 5.74) is 0. The Kier molecular flexibility index (Phi) is 30.6. The number of phosphoric acid groups is 1. The molecule has 52 heavy (non-hydrogen) atoms. The maximum atomic E-state index is 12.6. The van der Waals surface area contributed by atoms with E-state index in [-0.39, 0.29) is 19.4 Å². The third-order valence-electron chi connectivity index (χ3n) is 9.00. The van der Waals surface area contributed by atoms with Crippen LogP contribution < -0.4 is 0 Å². The van der Waals surface area contributed by atoms with E-state index in [9.17, 15) is 24.2 Å². The zero-order valence-corrected chi connectivity index (χ0v) is 33.4. The third-order valence-corrected chi connectivity index (χ3v) is 9.95. The molecule has 1 aliphatic heterocycles. The van der Waals surface area contributed by atoms with Crippen molar-refractivity contribution in [2.45, 2.75) is 192 Å². The summed E-state index contributed by atoms with van der Waals surface area (Å²) in [4.78, 5) is 34.9. The molecule has 11 nitrogen and oxygen atoms in total. The van der Waals surface area contributed by atoms with Gasteiger partial charge in [-0.2, -0.15) is 0 Å². The lowest BCUT2D eigenvalue weighted by molar-refractivity contribution is -0.161. The molecule has 0 aromatic carbocycles. The summed E-state index contributed by atoms with van der Waals surface area (Å²) in [7, 11) is -4.62. The Bertz CT molecular complexity index is 989. The second-order valence-electron chi connectivity index (χ2n) is 14.0. The molecule has 1 fully saturated rings. The van der Waals surface area contributed by atoms with Gasteiger partial charge in [0.1, 0.15) is 12.7 Å². The molecule has 304 valence electrons. The van der Waals surface area contributed by atoms with E-state index in [2.05, 4.69) is 42.7 Å². The minimum Gasteiger partial charge on any atom is -0.462 e. The number of phosphoric ester groups is 1. The first-order valence-electron chi connectivity index (χ1n) is 20.4. The van der Waals surface area contributed by atoms with Crippen molar-refractivity contribution in [1.29, 1.82) is 0 Å². The fraction of sp³-hybridized carbons (Fsp3) is 0.850. The zero-order valence-electron chi connectivity index (χ0n) is 32.5. The van der Waals surface area contributed by atoms with Gasteiger partial charge in [-0.25, -0.2) is 4.57 Å². The van der Waals surface area contributed by atoms with E-state index in [1.54, 1.807) is 0 Å². The lowest BCUT2D eigenvalue weighted by Gasteiger charge is -2.20. The molecule has 5 atom stereocenters. The van der Waals surface area contributed by atoms with Crippen LogP contribution in [0.15, 0.2) is 24.3 Å². The van der Waals surface area contributed by atoms with Crippen molar-refractivity contribution >= 4 is 19.8 Å². The van der Waals surface area contributed by atoms with E-state index in [4.69, 9.17) is 23.8 Å². The summed E-state index contributed by atoms with van der Waals surface area (Å²) >= 11 is 0. The highest BCUT2D eigenvalue weighted by Gasteiger charge is 2.36. The number of epoxide rings is 1. The molecule has 0 spiro atoms. The van der Waals surface area contributed by atoms with Crippen LogP contribution in [0.1, 0.15) is 168 Å². The Morgan fingerprint density at radius 3 is 1.85 bits per heavy atom. The number of carbonyl (C=O) groups excluding carboxylic acids is 2. The molecule has 3 N–H and O–H groups in total. The fourth-order valence-corrected chi connectivity index (χ4v) is 6.49. The van der Waals surface area contributed by atoms with Gasteiger partial charge in [0.05, 0.1) is 32.0 Å². The van der Waals surface area contributed by atoms with Gasteiger partial charge in [0.15, 0.2) is 6.10 Å². The van der Waals surface area contributed by atoms with Crippen molar-refractivity contribution < 1.29 is 52.5 Å². The number of aliphatic hydroxyl groups excluding tert-OH is 2. The van der Waals surface area contributed by atoms with Crippen molar-refractivity contribution in [1.82, 2.24) is 0 Å². The second-order valence-corrected chi connectivity index (χ2v) is 15.5. The summed E-state index contributed by atoms with van der Waals surface area (Å²) in [5, 5.41) is 18.3. The Hall–Kier alpha value is -1.59. The van der Waals surface area contributed by atoms with Crippen LogP contribution in [0.5, 0.6) is 0 Å². The van der Waals surface area contributed by atoms with Crippen LogP contribution in [0.3, 0.4) is 0 Å². The van der Waals surface area contributed by atoms with Crippen LogP contribution >= 0.6 is 7.82 Å². The molecule has 12 heteroatoms. The molecular formula is C40H73O11P. The number of allylic oxidation sites excluding steroid dienone is 3. The van der Waals surface area contributed by atoms with E-state index in [1.165, 1.54) is 44.9 Å².